The van der Waals surface area contributed by atoms with Crippen molar-refractivity contribution in [3.63, 3.8) is 0 Å². The second-order valence-electron chi connectivity index (χ2n) is 6.01. The predicted molar refractivity (Wildman–Crippen MR) is 107 cm³/mol. The molecule has 4 rings (SSSR count). The lowest BCUT2D eigenvalue weighted by Gasteiger charge is -2.11. The maximum absolute atomic E-state index is 12.6. The number of amides is 2. The maximum atomic E-state index is 12.6. The zero-order valence-corrected chi connectivity index (χ0v) is 15.5. The summed E-state index contributed by atoms with van der Waals surface area (Å²) >= 11 is 0.786. The summed E-state index contributed by atoms with van der Waals surface area (Å²) in [4.78, 5) is 36.5. The van der Waals surface area contributed by atoms with Gasteiger partial charge in [-0.2, -0.15) is 0 Å². The van der Waals surface area contributed by atoms with Crippen LogP contribution in [0.15, 0.2) is 70.0 Å². The van der Waals surface area contributed by atoms with E-state index in [9.17, 15) is 24.8 Å². The molecule has 9 heteroatoms. The van der Waals surface area contributed by atoms with E-state index in [1.54, 1.807) is 36.4 Å². The summed E-state index contributed by atoms with van der Waals surface area (Å²) < 4.78 is 5.62. The van der Waals surface area contributed by atoms with Crippen LogP contribution in [0.5, 0.6) is 5.75 Å². The number of nitro benzene ring substituents is 1. The van der Waals surface area contributed by atoms with Crippen molar-refractivity contribution in [2.24, 2.45) is 0 Å². The smallest absolute Gasteiger partial charge is 0.298 e. The lowest BCUT2D eigenvalue weighted by molar-refractivity contribution is -0.384. The molecule has 1 fully saturated rings. The van der Waals surface area contributed by atoms with Gasteiger partial charge >= 0.3 is 0 Å². The molecule has 0 radical (unpaired) electrons. The van der Waals surface area contributed by atoms with E-state index >= 15 is 0 Å². The zero-order chi connectivity index (χ0) is 20.5. The predicted octanol–water partition coefficient (Wildman–Crippen LogP) is 4.80. The number of carbonyl (C=O) groups is 2. The Morgan fingerprint density at radius 2 is 1.83 bits per heavy atom. The number of hydrogen-bond donors (Lipinski definition) is 1. The molecule has 0 saturated carbocycles. The van der Waals surface area contributed by atoms with E-state index in [-0.39, 0.29) is 33.4 Å². The van der Waals surface area contributed by atoms with Crippen molar-refractivity contribution in [3.8, 4) is 17.1 Å². The Labute approximate surface area is 168 Å². The lowest BCUT2D eigenvalue weighted by atomic mass is 10.1. The summed E-state index contributed by atoms with van der Waals surface area (Å²) in [5, 5.41) is 20.5. The number of hydrogen-bond acceptors (Lipinski definition) is 7. The van der Waals surface area contributed by atoms with Crippen LogP contribution in [0.2, 0.25) is 0 Å². The monoisotopic (exact) mass is 408 g/mol. The molecular formula is C20H12N2O6S. The second-order valence-corrected chi connectivity index (χ2v) is 7.01. The van der Waals surface area contributed by atoms with E-state index in [0.29, 0.717) is 5.69 Å². The van der Waals surface area contributed by atoms with E-state index < -0.39 is 16.1 Å². The van der Waals surface area contributed by atoms with Crippen molar-refractivity contribution in [1.82, 2.24) is 0 Å². The number of thioether (sulfide) groups is 1. The molecule has 0 bridgehead atoms. The first kappa shape index (κ1) is 18.5. The number of imide groups is 1. The molecule has 144 valence electrons. The van der Waals surface area contributed by atoms with Gasteiger partial charge in [0.1, 0.15) is 17.3 Å². The van der Waals surface area contributed by atoms with Gasteiger partial charge in [0.15, 0.2) is 0 Å². The molecule has 29 heavy (non-hydrogen) atoms. The SMILES string of the molecule is O=C1S/C(=C\c2ccc(-c3cc([N+](=O)[O-])ccc3O)o2)C(=O)N1c1ccccc1. The molecule has 1 N–H and O–H groups in total. The van der Waals surface area contributed by atoms with Crippen LogP contribution in [0.1, 0.15) is 5.76 Å². The van der Waals surface area contributed by atoms with E-state index in [1.165, 1.54) is 30.3 Å². The summed E-state index contributed by atoms with van der Waals surface area (Å²) in [6, 6.07) is 15.2. The van der Waals surface area contributed by atoms with Gasteiger partial charge in [0.05, 0.1) is 21.1 Å². The van der Waals surface area contributed by atoms with Crippen molar-refractivity contribution in [2.45, 2.75) is 0 Å². The van der Waals surface area contributed by atoms with Gasteiger partial charge in [0.25, 0.3) is 16.8 Å². The summed E-state index contributed by atoms with van der Waals surface area (Å²) in [7, 11) is 0. The number of rotatable bonds is 4. The van der Waals surface area contributed by atoms with Gasteiger partial charge in [0, 0.05) is 18.2 Å². The van der Waals surface area contributed by atoms with E-state index in [0.717, 1.165) is 16.7 Å². The third kappa shape index (κ3) is 3.50. The number of para-hydroxylation sites is 1. The van der Waals surface area contributed by atoms with Crippen molar-refractivity contribution in [1.29, 1.82) is 0 Å². The third-order valence-electron chi connectivity index (χ3n) is 4.16. The summed E-state index contributed by atoms with van der Waals surface area (Å²) in [5.41, 5.74) is 0.427. The molecule has 0 spiro atoms. The van der Waals surface area contributed by atoms with Crippen LogP contribution in [-0.4, -0.2) is 21.2 Å². The van der Waals surface area contributed by atoms with E-state index in [4.69, 9.17) is 4.42 Å². The number of furan rings is 1. The number of phenols is 1. The number of nitrogens with zero attached hydrogens (tertiary/aromatic N) is 2. The van der Waals surface area contributed by atoms with Crippen LogP contribution < -0.4 is 4.90 Å². The average Bonchev–Trinajstić information content (AvgIpc) is 3.27. The number of non-ortho nitro benzene ring substituents is 1. The van der Waals surface area contributed by atoms with Gasteiger partial charge < -0.3 is 9.52 Å². The van der Waals surface area contributed by atoms with Crippen LogP contribution in [0.4, 0.5) is 16.2 Å². The van der Waals surface area contributed by atoms with Gasteiger partial charge in [-0.25, -0.2) is 4.90 Å². The van der Waals surface area contributed by atoms with Crippen LogP contribution in [0.25, 0.3) is 17.4 Å². The first-order chi connectivity index (χ1) is 13.9. The quantitative estimate of drug-likeness (QED) is 0.375. The largest absolute Gasteiger partial charge is 0.507 e. The fourth-order valence-corrected chi connectivity index (χ4v) is 3.63. The Morgan fingerprint density at radius 1 is 1.07 bits per heavy atom. The van der Waals surface area contributed by atoms with Gasteiger partial charge in [-0.1, -0.05) is 18.2 Å². The van der Waals surface area contributed by atoms with Gasteiger partial charge in [-0.05, 0) is 42.1 Å². The normalized spacial score (nSPS) is 15.3. The Morgan fingerprint density at radius 3 is 2.55 bits per heavy atom. The van der Waals surface area contributed by atoms with E-state index in [1.807, 2.05) is 0 Å². The molecule has 1 saturated heterocycles. The molecule has 2 aromatic carbocycles. The van der Waals surface area contributed by atoms with Gasteiger partial charge in [0.2, 0.25) is 0 Å². The minimum absolute atomic E-state index is 0.149. The molecule has 2 heterocycles. The first-order valence-corrected chi connectivity index (χ1v) is 9.16. The molecular weight excluding hydrogens is 396 g/mol. The number of aromatic hydroxyl groups is 1. The summed E-state index contributed by atoms with van der Waals surface area (Å²) in [6.45, 7) is 0. The fraction of sp³-hybridized carbons (Fsp3) is 0. The van der Waals surface area contributed by atoms with Crippen LogP contribution in [0.3, 0.4) is 0 Å². The van der Waals surface area contributed by atoms with Crippen LogP contribution in [-0.2, 0) is 4.79 Å². The highest BCUT2D eigenvalue weighted by Gasteiger charge is 2.36. The highest BCUT2D eigenvalue weighted by Crippen LogP contribution is 2.37. The average molecular weight is 408 g/mol. The molecule has 8 nitrogen and oxygen atoms in total. The number of nitro groups is 1. The molecule has 0 aliphatic carbocycles. The summed E-state index contributed by atoms with van der Waals surface area (Å²) in [6.07, 6.45) is 1.42. The Hall–Kier alpha value is -3.85. The summed E-state index contributed by atoms with van der Waals surface area (Å²) in [5.74, 6) is -0.188. The molecule has 1 aliphatic heterocycles. The zero-order valence-electron chi connectivity index (χ0n) is 14.6. The Balaban J connectivity index is 1.64. The molecule has 1 aliphatic rings. The Bertz CT molecular complexity index is 1170. The van der Waals surface area contributed by atoms with Gasteiger partial charge in [-0.3, -0.25) is 19.7 Å². The highest BCUT2D eigenvalue weighted by molar-refractivity contribution is 8.19. The number of anilines is 1. The van der Waals surface area contributed by atoms with Crippen LogP contribution in [0, 0.1) is 10.1 Å². The second kappa shape index (κ2) is 7.28. The first-order valence-electron chi connectivity index (χ1n) is 8.34. The third-order valence-corrected chi connectivity index (χ3v) is 5.03. The van der Waals surface area contributed by atoms with E-state index in [2.05, 4.69) is 0 Å². The maximum Gasteiger partial charge on any atom is 0.298 e. The topological polar surface area (TPSA) is 114 Å². The number of benzene rings is 2. The molecule has 3 aromatic rings. The van der Waals surface area contributed by atoms with Gasteiger partial charge in [-0.15, -0.1) is 0 Å². The van der Waals surface area contributed by atoms with Crippen LogP contribution >= 0.6 is 11.8 Å². The van der Waals surface area contributed by atoms with Crippen molar-refractivity contribution >= 4 is 40.4 Å². The molecule has 0 unspecified atom stereocenters. The molecule has 1 aromatic heterocycles. The minimum Gasteiger partial charge on any atom is -0.507 e. The van der Waals surface area contributed by atoms with Crippen molar-refractivity contribution in [3.05, 3.63) is 81.4 Å². The van der Waals surface area contributed by atoms with Crippen molar-refractivity contribution < 1.29 is 24.0 Å². The number of phenolic OH excluding ortho intramolecular Hbond substituents is 1. The number of carbonyl (C=O) groups excluding carboxylic acids is 2. The highest BCUT2D eigenvalue weighted by atomic mass is 32.2. The fourth-order valence-electron chi connectivity index (χ4n) is 2.81. The minimum atomic E-state index is -0.577. The molecule has 0 atom stereocenters. The van der Waals surface area contributed by atoms with Crippen molar-refractivity contribution in [2.75, 3.05) is 4.90 Å². The Kier molecular flexibility index (Phi) is 4.65. The standard InChI is InChI=1S/C20H12N2O6S/c23-16-8-6-13(22(26)27)10-15(16)17-9-7-14(28-17)11-18-19(24)21(20(25)29-18)12-4-2-1-3-5-12/h1-11,23H/b18-11-. The molecule has 2 amide bonds. The lowest BCUT2D eigenvalue weighted by Crippen LogP contribution is -2.27.